The topological polar surface area (TPSA) is 27.0 Å². The summed E-state index contributed by atoms with van der Waals surface area (Å²) in [7, 11) is 0. The van der Waals surface area contributed by atoms with E-state index in [-0.39, 0.29) is 11.3 Å². The fraction of sp³-hybridized carbons (Fsp3) is 0.500. The first kappa shape index (κ1) is 12.4. The molecule has 90 valence electrons. The van der Waals surface area contributed by atoms with Crippen molar-refractivity contribution in [3.63, 3.8) is 0 Å². The molecule has 2 nitrogen and oxygen atoms in total. The van der Waals surface area contributed by atoms with Crippen molar-refractivity contribution < 1.29 is 0 Å². The Balaban J connectivity index is 2.22. The fourth-order valence-electron chi connectivity index (χ4n) is 2.51. The summed E-state index contributed by atoms with van der Waals surface area (Å²) in [6.45, 7) is 6.27. The Morgan fingerprint density at radius 1 is 1.41 bits per heavy atom. The summed E-state index contributed by atoms with van der Waals surface area (Å²) in [6.07, 6.45) is 0.949. The second kappa shape index (κ2) is 4.70. The lowest BCUT2D eigenvalue weighted by molar-refractivity contribution is 0.226. The molecule has 0 aliphatic carbocycles. The highest BCUT2D eigenvalue weighted by molar-refractivity contribution is 9.10. The second-order valence-corrected chi connectivity index (χ2v) is 6.19. The van der Waals surface area contributed by atoms with E-state index in [1.54, 1.807) is 0 Å². The molecule has 17 heavy (non-hydrogen) atoms. The SMILES string of the molecule is CC1(C)CN(c2ccccc2Br)CCC1C#N. The molecule has 1 fully saturated rings. The molecule has 0 spiro atoms. The van der Waals surface area contributed by atoms with Crippen LogP contribution in [-0.4, -0.2) is 13.1 Å². The molecule has 0 N–H and O–H groups in total. The van der Waals surface area contributed by atoms with Gasteiger partial charge in [-0.3, -0.25) is 0 Å². The van der Waals surface area contributed by atoms with Crippen LogP contribution in [0.1, 0.15) is 20.3 Å². The number of hydrogen-bond acceptors (Lipinski definition) is 2. The molecule has 0 aromatic heterocycles. The molecule has 0 saturated carbocycles. The Labute approximate surface area is 111 Å². The van der Waals surface area contributed by atoms with E-state index in [4.69, 9.17) is 5.26 Å². The van der Waals surface area contributed by atoms with Crippen molar-refractivity contribution in [1.82, 2.24) is 0 Å². The zero-order valence-corrected chi connectivity index (χ0v) is 11.9. The molecule has 0 amide bonds. The van der Waals surface area contributed by atoms with E-state index in [1.165, 1.54) is 5.69 Å². The molecular weight excluding hydrogens is 276 g/mol. The third kappa shape index (κ3) is 2.47. The van der Waals surface area contributed by atoms with E-state index in [0.717, 1.165) is 24.0 Å². The Morgan fingerprint density at radius 2 is 2.12 bits per heavy atom. The van der Waals surface area contributed by atoms with Gasteiger partial charge < -0.3 is 4.90 Å². The first-order valence-electron chi connectivity index (χ1n) is 5.94. The van der Waals surface area contributed by atoms with Gasteiger partial charge in [0.25, 0.3) is 0 Å². The van der Waals surface area contributed by atoms with Gasteiger partial charge in [-0.05, 0) is 39.9 Å². The van der Waals surface area contributed by atoms with E-state index in [0.29, 0.717) is 0 Å². The number of para-hydroxylation sites is 1. The van der Waals surface area contributed by atoms with Crippen LogP contribution in [0.15, 0.2) is 28.7 Å². The molecule has 1 unspecified atom stereocenters. The Hall–Kier alpha value is -1.01. The standard InChI is InChI=1S/C14H17BrN2/c1-14(2)10-17(8-7-11(14)9-16)13-6-4-3-5-12(13)15/h3-6,11H,7-8,10H2,1-2H3. The van der Waals surface area contributed by atoms with Crippen molar-refractivity contribution in [2.75, 3.05) is 18.0 Å². The van der Waals surface area contributed by atoms with Crippen LogP contribution in [0, 0.1) is 22.7 Å². The highest BCUT2D eigenvalue weighted by Gasteiger charge is 2.36. The molecule has 2 rings (SSSR count). The average Bonchev–Trinajstić information content (AvgIpc) is 2.28. The van der Waals surface area contributed by atoms with Gasteiger partial charge in [-0.1, -0.05) is 26.0 Å². The highest BCUT2D eigenvalue weighted by atomic mass is 79.9. The lowest BCUT2D eigenvalue weighted by Crippen LogP contribution is -2.45. The minimum Gasteiger partial charge on any atom is -0.370 e. The number of nitriles is 1. The lowest BCUT2D eigenvalue weighted by Gasteiger charge is -2.42. The van der Waals surface area contributed by atoms with Crippen molar-refractivity contribution in [3.8, 4) is 6.07 Å². The Bertz CT molecular complexity index is 448. The van der Waals surface area contributed by atoms with E-state index < -0.39 is 0 Å². The molecule has 1 aliphatic rings. The number of halogens is 1. The summed E-state index contributed by atoms with van der Waals surface area (Å²) in [6, 6.07) is 10.7. The van der Waals surface area contributed by atoms with Crippen molar-refractivity contribution in [2.45, 2.75) is 20.3 Å². The number of anilines is 1. The number of piperidine rings is 1. The minimum absolute atomic E-state index is 0.0578. The molecule has 3 heteroatoms. The monoisotopic (exact) mass is 292 g/mol. The highest BCUT2D eigenvalue weighted by Crippen LogP contribution is 2.38. The van der Waals surface area contributed by atoms with Crippen LogP contribution in [0.3, 0.4) is 0 Å². The first-order chi connectivity index (χ1) is 8.04. The minimum atomic E-state index is 0.0578. The van der Waals surface area contributed by atoms with Gasteiger partial charge in [0, 0.05) is 17.6 Å². The summed E-state index contributed by atoms with van der Waals surface area (Å²) in [5.41, 5.74) is 1.29. The van der Waals surface area contributed by atoms with Crippen molar-refractivity contribution in [2.24, 2.45) is 11.3 Å². The van der Waals surface area contributed by atoms with Gasteiger partial charge in [-0.2, -0.15) is 5.26 Å². The van der Waals surface area contributed by atoms with Gasteiger partial charge >= 0.3 is 0 Å². The summed E-state index contributed by atoms with van der Waals surface area (Å²) < 4.78 is 1.13. The maximum absolute atomic E-state index is 9.16. The van der Waals surface area contributed by atoms with Crippen LogP contribution < -0.4 is 4.90 Å². The maximum Gasteiger partial charge on any atom is 0.0662 e. The van der Waals surface area contributed by atoms with E-state index in [9.17, 15) is 0 Å². The fourth-order valence-corrected chi connectivity index (χ4v) is 3.05. The second-order valence-electron chi connectivity index (χ2n) is 5.33. The molecule has 1 aromatic carbocycles. The summed E-state index contributed by atoms with van der Waals surface area (Å²) in [5.74, 6) is 0.168. The normalized spacial score (nSPS) is 23.2. The molecule has 1 aliphatic heterocycles. The summed E-state index contributed by atoms with van der Waals surface area (Å²) in [5, 5.41) is 9.16. The van der Waals surface area contributed by atoms with Crippen LogP contribution in [0.25, 0.3) is 0 Å². The van der Waals surface area contributed by atoms with Crippen LogP contribution in [0.4, 0.5) is 5.69 Å². The number of hydrogen-bond donors (Lipinski definition) is 0. The largest absolute Gasteiger partial charge is 0.370 e. The molecule has 1 saturated heterocycles. The molecule has 1 aromatic rings. The van der Waals surface area contributed by atoms with Crippen LogP contribution in [0.2, 0.25) is 0 Å². The lowest BCUT2D eigenvalue weighted by atomic mass is 9.74. The predicted octanol–water partition coefficient (Wildman–Crippen LogP) is 3.83. The quantitative estimate of drug-likeness (QED) is 0.787. The number of rotatable bonds is 1. The predicted molar refractivity (Wildman–Crippen MR) is 73.9 cm³/mol. The van der Waals surface area contributed by atoms with Crippen molar-refractivity contribution in [1.29, 1.82) is 5.26 Å². The van der Waals surface area contributed by atoms with Gasteiger partial charge in [0.1, 0.15) is 0 Å². The smallest absolute Gasteiger partial charge is 0.0662 e. The molecule has 1 heterocycles. The third-order valence-electron chi connectivity index (χ3n) is 3.58. The van der Waals surface area contributed by atoms with Crippen LogP contribution >= 0.6 is 15.9 Å². The molecule has 0 bridgehead atoms. The van der Waals surface area contributed by atoms with E-state index >= 15 is 0 Å². The van der Waals surface area contributed by atoms with E-state index in [2.05, 4.69) is 58.9 Å². The van der Waals surface area contributed by atoms with Gasteiger partial charge in [0.15, 0.2) is 0 Å². The number of benzene rings is 1. The zero-order valence-electron chi connectivity index (χ0n) is 10.3. The average molecular weight is 293 g/mol. The van der Waals surface area contributed by atoms with Gasteiger partial charge in [-0.15, -0.1) is 0 Å². The number of nitrogens with zero attached hydrogens (tertiary/aromatic N) is 2. The van der Waals surface area contributed by atoms with Crippen molar-refractivity contribution >= 4 is 21.6 Å². The van der Waals surface area contributed by atoms with Gasteiger partial charge in [-0.25, -0.2) is 0 Å². The summed E-state index contributed by atoms with van der Waals surface area (Å²) >= 11 is 3.59. The Kier molecular flexibility index (Phi) is 3.44. The molecule has 0 radical (unpaired) electrons. The van der Waals surface area contributed by atoms with Crippen molar-refractivity contribution in [3.05, 3.63) is 28.7 Å². The van der Waals surface area contributed by atoms with Gasteiger partial charge in [0.2, 0.25) is 0 Å². The van der Waals surface area contributed by atoms with E-state index in [1.807, 2.05) is 6.07 Å². The molecule has 1 atom stereocenters. The Morgan fingerprint density at radius 3 is 2.71 bits per heavy atom. The van der Waals surface area contributed by atoms with Gasteiger partial charge in [0.05, 0.1) is 17.7 Å². The maximum atomic E-state index is 9.16. The third-order valence-corrected chi connectivity index (χ3v) is 4.25. The molecular formula is C14H17BrN2. The van der Waals surface area contributed by atoms with Crippen LogP contribution in [0.5, 0.6) is 0 Å². The van der Waals surface area contributed by atoms with Crippen LogP contribution in [-0.2, 0) is 0 Å². The summed E-state index contributed by atoms with van der Waals surface area (Å²) in [4.78, 5) is 2.37. The first-order valence-corrected chi connectivity index (χ1v) is 6.73. The zero-order chi connectivity index (χ0) is 12.5.